The summed E-state index contributed by atoms with van der Waals surface area (Å²) in [6, 6.07) is 2.17. The van der Waals surface area contributed by atoms with Crippen molar-refractivity contribution in [1.29, 1.82) is 0 Å². The van der Waals surface area contributed by atoms with Crippen molar-refractivity contribution < 1.29 is 5.11 Å². The van der Waals surface area contributed by atoms with Crippen LogP contribution in [0.3, 0.4) is 0 Å². The molecule has 2 fully saturated rings. The molecule has 0 radical (unpaired) electrons. The van der Waals surface area contributed by atoms with E-state index in [2.05, 4.69) is 17.3 Å². The Bertz CT molecular complexity index is 224. The van der Waals surface area contributed by atoms with Crippen LogP contribution < -0.4 is 5.32 Å². The van der Waals surface area contributed by atoms with Gasteiger partial charge in [0.1, 0.15) is 0 Å². The first-order chi connectivity index (χ1) is 8.20. The molecule has 0 bridgehead atoms. The second kappa shape index (κ2) is 6.17. The Labute approximate surface area is 106 Å². The van der Waals surface area contributed by atoms with Crippen LogP contribution in [0.4, 0.5) is 0 Å². The maximum atomic E-state index is 9.57. The minimum atomic E-state index is -0.144. The number of likely N-dealkylation sites (tertiary alicyclic amines) is 1. The molecule has 0 spiro atoms. The fourth-order valence-corrected chi connectivity index (χ4v) is 3.68. The van der Waals surface area contributed by atoms with Gasteiger partial charge in [-0.3, -0.25) is 4.90 Å². The second-order valence-corrected chi connectivity index (χ2v) is 5.91. The highest BCUT2D eigenvalue weighted by Gasteiger charge is 2.33. The van der Waals surface area contributed by atoms with Gasteiger partial charge in [0.15, 0.2) is 0 Å². The molecule has 1 saturated heterocycles. The van der Waals surface area contributed by atoms with Crippen LogP contribution in [0.1, 0.15) is 51.9 Å². The number of nitrogens with zero attached hydrogens (tertiary/aromatic N) is 1. The van der Waals surface area contributed by atoms with Gasteiger partial charge in [-0.05, 0) is 65.5 Å². The quantitative estimate of drug-likeness (QED) is 0.786. The third-order valence-electron chi connectivity index (χ3n) is 4.61. The Morgan fingerprint density at radius 3 is 2.53 bits per heavy atom. The van der Waals surface area contributed by atoms with Crippen LogP contribution in [0.25, 0.3) is 0 Å². The van der Waals surface area contributed by atoms with Crippen LogP contribution in [-0.4, -0.2) is 47.8 Å². The van der Waals surface area contributed by atoms with Crippen LogP contribution in [0.15, 0.2) is 0 Å². The lowest BCUT2D eigenvalue weighted by atomic mass is 9.89. The normalized spacial score (nSPS) is 37.2. The fraction of sp³-hybridized carbons (Fsp3) is 1.00. The first kappa shape index (κ1) is 13.3. The SMILES string of the molecule is CNC1CCC(N2CCCC2CC(C)O)CC1. The van der Waals surface area contributed by atoms with E-state index in [4.69, 9.17) is 0 Å². The van der Waals surface area contributed by atoms with Gasteiger partial charge in [0.25, 0.3) is 0 Å². The summed E-state index contributed by atoms with van der Waals surface area (Å²) in [7, 11) is 2.08. The van der Waals surface area contributed by atoms with Crippen molar-refractivity contribution in [1.82, 2.24) is 10.2 Å². The molecular formula is C14H28N2O. The standard InChI is InChI=1S/C14H28N2O/c1-11(17)10-14-4-3-9-16(14)13-7-5-12(15-2)6-8-13/h11-15,17H,3-10H2,1-2H3. The van der Waals surface area contributed by atoms with Crippen molar-refractivity contribution >= 4 is 0 Å². The second-order valence-electron chi connectivity index (χ2n) is 5.91. The molecule has 1 aliphatic carbocycles. The number of aliphatic hydroxyl groups excluding tert-OH is 1. The van der Waals surface area contributed by atoms with Gasteiger partial charge in [-0.2, -0.15) is 0 Å². The molecule has 1 aliphatic heterocycles. The van der Waals surface area contributed by atoms with Crippen LogP contribution in [0.5, 0.6) is 0 Å². The Morgan fingerprint density at radius 2 is 1.94 bits per heavy atom. The first-order valence-electron chi connectivity index (χ1n) is 7.31. The lowest BCUT2D eigenvalue weighted by Crippen LogP contribution is -2.44. The third-order valence-corrected chi connectivity index (χ3v) is 4.61. The average Bonchev–Trinajstić information content (AvgIpc) is 2.76. The van der Waals surface area contributed by atoms with Gasteiger partial charge in [-0.15, -0.1) is 0 Å². The van der Waals surface area contributed by atoms with Crippen molar-refractivity contribution in [2.75, 3.05) is 13.6 Å². The monoisotopic (exact) mass is 240 g/mol. The van der Waals surface area contributed by atoms with E-state index in [1.54, 1.807) is 0 Å². The highest BCUT2D eigenvalue weighted by atomic mass is 16.3. The summed E-state index contributed by atoms with van der Waals surface area (Å²) in [5, 5.41) is 13.0. The third kappa shape index (κ3) is 3.43. The van der Waals surface area contributed by atoms with E-state index in [9.17, 15) is 5.11 Å². The number of nitrogens with one attached hydrogen (secondary N) is 1. The summed E-state index contributed by atoms with van der Waals surface area (Å²) in [6.45, 7) is 3.18. The van der Waals surface area contributed by atoms with Gasteiger partial charge in [0.05, 0.1) is 6.10 Å². The lowest BCUT2D eigenvalue weighted by Gasteiger charge is -2.38. The molecule has 2 N–H and O–H groups in total. The Balaban J connectivity index is 1.84. The van der Waals surface area contributed by atoms with Crippen LogP contribution in [0.2, 0.25) is 0 Å². The molecule has 100 valence electrons. The number of aliphatic hydroxyl groups is 1. The lowest BCUT2D eigenvalue weighted by molar-refractivity contribution is 0.0894. The predicted molar refractivity (Wildman–Crippen MR) is 71.1 cm³/mol. The summed E-state index contributed by atoms with van der Waals surface area (Å²) in [4.78, 5) is 2.69. The molecule has 0 aromatic heterocycles. The summed E-state index contributed by atoms with van der Waals surface area (Å²) in [5.74, 6) is 0. The van der Waals surface area contributed by atoms with Crippen molar-refractivity contribution in [3.63, 3.8) is 0 Å². The van der Waals surface area contributed by atoms with Gasteiger partial charge in [0, 0.05) is 18.1 Å². The Kier molecular flexibility index (Phi) is 4.83. The minimum Gasteiger partial charge on any atom is -0.393 e. The van der Waals surface area contributed by atoms with Crippen molar-refractivity contribution in [3.8, 4) is 0 Å². The first-order valence-corrected chi connectivity index (χ1v) is 7.31. The molecule has 2 atom stereocenters. The molecule has 1 heterocycles. The van der Waals surface area contributed by atoms with Crippen molar-refractivity contribution in [3.05, 3.63) is 0 Å². The largest absolute Gasteiger partial charge is 0.393 e. The zero-order chi connectivity index (χ0) is 12.3. The topological polar surface area (TPSA) is 35.5 Å². The highest BCUT2D eigenvalue weighted by molar-refractivity contribution is 4.89. The van der Waals surface area contributed by atoms with E-state index >= 15 is 0 Å². The molecule has 17 heavy (non-hydrogen) atoms. The van der Waals surface area contributed by atoms with Gasteiger partial charge >= 0.3 is 0 Å². The van der Waals surface area contributed by atoms with Gasteiger partial charge in [0.2, 0.25) is 0 Å². The molecule has 2 unspecified atom stereocenters. The zero-order valence-corrected chi connectivity index (χ0v) is 11.4. The number of rotatable bonds is 4. The maximum absolute atomic E-state index is 9.57. The van der Waals surface area contributed by atoms with Crippen molar-refractivity contribution in [2.45, 2.75) is 76.1 Å². The Morgan fingerprint density at radius 1 is 1.24 bits per heavy atom. The molecule has 0 aromatic carbocycles. The summed E-state index contributed by atoms with van der Waals surface area (Å²) in [5.41, 5.74) is 0. The van der Waals surface area contributed by atoms with E-state index in [1.807, 2.05) is 6.92 Å². The smallest absolute Gasteiger partial charge is 0.0527 e. The summed E-state index contributed by atoms with van der Waals surface area (Å²) in [6.07, 6.45) is 8.74. The average molecular weight is 240 g/mol. The van der Waals surface area contributed by atoms with E-state index in [0.29, 0.717) is 6.04 Å². The summed E-state index contributed by atoms with van der Waals surface area (Å²) >= 11 is 0. The van der Waals surface area contributed by atoms with Gasteiger partial charge in [-0.1, -0.05) is 0 Å². The minimum absolute atomic E-state index is 0.144. The zero-order valence-electron chi connectivity index (χ0n) is 11.4. The van der Waals surface area contributed by atoms with E-state index in [0.717, 1.165) is 18.5 Å². The van der Waals surface area contributed by atoms with Gasteiger partial charge < -0.3 is 10.4 Å². The molecule has 2 aliphatic rings. The Hall–Kier alpha value is -0.120. The molecule has 0 aromatic rings. The number of hydrogen-bond acceptors (Lipinski definition) is 3. The molecule has 2 rings (SSSR count). The molecule has 0 amide bonds. The molecule has 1 saturated carbocycles. The number of hydrogen-bond donors (Lipinski definition) is 2. The predicted octanol–water partition coefficient (Wildman–Crippen LogP) is 1.75. The van der Waals surface area contributed by atoms with Crippen LogP contribution in [-0.2, 0) is 0 Å². The van der Waals surface area contributed by atoms with Crippen molar-refractivity contribution in [2.24, 2.45) is 0 Å². The van der Waals surface area contributed by atoms with Crippen LogP contribution in [0, 0.1) is 0 Å². The van der Waals surface area contributed by atoms with E-state index in [-0.39, 0.29) is 6.10 Å². The molecular weight excluding hydrogens is 212 g/mol. The fourth-order valence-electron chi connectivity index (χ4n) is 3.68. The summed E-state index contributed by atoms with van der Waals surface area (Å²) < 4.78 is 0. The molecule has 3 heteroatoms. The molecule has 3 nitrogen and oxygen atoms in total. The van der Waals surface area contributed by atoms with Gasteiger partial charge in [-0.25, -0.2) is 0 Å². The van der Waals surface area contributed by atoms with E-state index < -0.39 is 0 Å². The van der Waals surface area contributed by atoms with E-state index in [1.165, 1.54) is 45.1 Å². The van der Waals surface area contributed by atoms with Crippen LogP contribution >= 0.6 is 0 Å². The highest BCUT2D eigenvalue weighted by Crippen LogP contribution is 2.31. The maximum Gasteiger partial charge on any atom is 0.0527 e.